The molecule has 21 heavy (non-hydrogen) atoms. The number of hydrogen-bond acceptors (Lipinski definition) is 2. The number of hydrogen-bond donors (Lipinski definition) is 1. The van der Waals surface area contributed by atoms with Crippen LogP contribution in [0.4, 0.5) is 0 Å². The van der Waals surface area contributed by atoms with Crippen LogP contribution in [0.2, 0.25) is 0 Å². The predicted octanol–water partition coefficient (Wildman–Crippen LogP) is 3.88. The van der Waals surface area contributed by atoms with Crippen molar-refractivity contribution in [2.24, 2.45) is 0 Å². The standard InChI is InChI=1S/C19H23NO/c1-14-9-10-15(2)17(11-14)18-12-20-19(3,13-21-18)16-7-5-4-6-8-16/h4-11,18,20H,12-13H2,1-3H3. The second kappa shape index (κ2) is 5.63. The molecule has 1 fully saturated rings. The Morgan fingerprint density at radius 1 is 1.10 bits per heavy atom. The van der Waals surface area contributed by atoms with Gasteiger partial charge in [0.25, 0.3) is 0 Å². The number of nitrogens with one attached hydrogen (secondary N) is 1. The molecule has 1 saturated heterocycles. The van der Waals surface area contributed by atoms with Crippen molar-refractivity contribution in [1.82, 2.24) is 5.32 Å². The zero-order valence-corrected chi connectivity index (χ0v) is 13.0. The van der Waals surface area contributed by atoms with E-state index in [-0.39, 0.29) is 11.6 Å². The van der Waals surface area contributed by atoms with Gasteiger partial charge in [-0.3, -0.25) is 0 Å². The van der Waals surface area contributed by atoms with Crippen LogP contribution in [-0.4, -0.2) is 13.2 Å². The molecule has 0 saturated carbocycles. The largest absolute Gasteiger partial charge is 0.370 e. The SMILES string of the molecule is Cc1ccc(C)c(C2CNC(C)(c3ccccc3)CO2)c1. The van der Waals surface area contributed by atoms with Gasteiger partial charge < -0.3 is 10.1 Å². The lowest BCUT2D eigenvalue weighted by Crippen LogP contribution is -2.50. The fraction of sp³-hybridized carbons (Fsp3) is 0.368. The summed E-state index contributed by atoms with van der Waals surface area (Å²) >= 11 is 0. The van der Waals surface area contributed by atoms with Gasteiger partial charge in [0.1, 0.15) is 0 Å². The normalized spacial score (nSPS) is 25.8. The van der Waals surface area contributed by atoms with Gasteiger partial charge in [-0.2, -0.15) is 0 Å². The second-order valence-electron chi connectivity index (χ2n) is 6.24. The van der Waals surface area contributed by atoms with E-state index in [1.165, 1.54) is 22.3 Å². The van der Waals surface area contributed by atoms with Gasteiger partial charge in [0.05, 0.1) is 18.2 Å². The number of ether oxygens (including phenoxy) is 1. The van der Waals surface area contributed by atoms with Crippen LogP contribution in [0.25, 0.3) is 0 Å². The molecule has 2 nitrogen and oxygen atoms in total. The van der Waals surface area contributed by atoms with Gasteiger partial charge >= 0.3 is 0 Å². The molecule has 1 aliphatic rings. The maximum absolute atomic E-state index is 6.21. The molecule has 110 valence electrons. The summed E-state index contributed by atoms with van der Waals surface area (Å²) in [5.74, 6) is 0. The van der Waals surface area contributed by atoms with Crippen LogP contribution in [0.15, 0.2) is 48.5 Å². The summed E-state index contributed by atoms with van der Waals surface area (Å²) in [5.41, 5.74) is 5.07. The third-order valence-corrected chi connectivity index (χ3v) is 4.44. The maximum Gasteiger partial charge on any atom is 0.0953 e. The van der Waals surface area contributed by atoms with Crippen LogP contribution in [0, 0.1) is 13.8 Å². The molecule has 0 radical (unpaired) electrons. The van der Waals surface area contributed by atoms with Crippen LogP contribution in [0.3, 0.4) is 0 Å². The first kappa shape index (κ1) is 14.3. The smallest absolute Gasteiger partial charge is 0.0953 e. The van der Waals surface area contributed by atoms with Crippen molar-refractivity contribution in [3.63, 3.8) is 0 Å². The summed E-state index contributed by atoms with van der Waals surface area (Å²) in [4.78, 5) is 0. The number of rotatable bonds is 2. The van der Waals surface area contributed by atoms with Gasteiger partial charge in [-0.25, -0.2) is 0 Å². The summed E-state index contributed by atoms with van der Waals surface area (Å²) < 4.78 is 6.21. The molecular weight excluding hydrogens is 258 g/mol. The fourth-order valence-corrected chi connectivity index (χ4v) is 2.99. The Balaban J connectivity index is 1.77. The molecule has 2 aromatic rings. The van der Waals surface area contributed by atoms with Crippen LogP contribution < -0.4 is 5.32 Å². The second-order valence-corrected chi connectivity index (χ2v) is 6.24. The lowest BCUT2D eigenvalue weighted by atomic mass is 9.90. The first-order valence-corrected chi connectivity index (χ1v) is 7.58. The molecule has 2 heteroatoms. The van der Waals surface area contributed by atoms with Crippen LogP contribution in [0.5, 0.6) is 0 Å². The monoisotopic (exact) mass is 281 g/mol. The Hall–Kier alpha value is -1.64. The minimum atomic E-state index is -0.102. The number of morpholine rings is 1. The zero-order valence-electron chi connectivity index (χ0n) is 13.0. The average Bonchev–Trinajstić information content (AvgIpc) is 2.52. The Morgan fingerprint density at radius 3 is 2.52 bits per heavy atom. The highest BCUT2D eigenvalue weighted by Gasteiger charge is 2.33. The first-order chi connectivity index (χ1) is 10.1. The molecule has 2 unspecified atom stereocenters. The van der Waals surface area contributed by atoms with E-state index >= 15 is 0 Å². The van der Waals surface area contributed by atoms with Crippen LogP contribution >= 0.6 is 0 Å². The van der Waals surface area contributed by atoms with Gasteiger partial charge in [0.2, 0.25) is 0 Å². The third-order valence-electron chi connectivity index (χ3n) is 4.44. The van der Waals surface area contributed by atoms with Gasteiger partial charge in [-0.05, 0) is 37.5 Å². The summed E-state index contributed by atoms with van der Waals surface area (Å²) in [7, 11) is 0. The van der Waals surface area contributed by atoms with Crippen molar-refractivity contribution in [3.8, 4) is 0 Å². The van der Waals surface area contributed by atoms with Gasteiger partial charge in [-0.15, -0.1) is 0 Å². The highest BCUT2D eigenvalue weighted by molar-refractivity contribution is 5.33. The highest BCUT2D eigenvalue weighted by Crippen LogP contribution is 2.31. The van der Waals surface area contributed by atoms with E-state index < -0.39 is 0 Å². The van der Waals surface area contributed by atoms with E-state index in [2.05, 4.69) is 74.6 Å². The molecule has 3 rings (SSSR count). The van der Waals surface area contributed by atoms with E-state index in [1.807, 2.05) is 0 Å². The molecule has 1 N–H and O–H groups in total. The van der Waals surface area contributed by atoms with Gasteiger partial charge in [-0.1, -0.05) is 54.1 Å². The average molecular weight is 281 g/mol. The van der Waals surface area contributed by atoms with Crippen molar-refractivity contribution >= 4 is 0 Å². The van der Waals surface area contributed by atoms with Crippen LogP contribution in [0.1, 0.15) is 35.3 Å². The Morgan fingerprint density at radius 2 is 1.86 bits per heavy atom. The van der Waals surface area contributed by atoms with Crippen molar-refractivity contribution in [1.29, 1.82) is 0 Å². The van der Waals surface area contributed by atoms with Gasteiger partial charge in [0, 0.05) is 6.54 Å². The van der Waals surface area contributed by atoms with E-state index in [4.69, 9.17) is 4.74 Å². The quantitative estimate of drug-likeness (QED) is 0.902. The molecule has 2 aromatic carbocycles. The maximum atomic E-state index is 6.21. The summed E-state index contributed by atoms with van der Waals surface area (Å²) in [5, 5.41) is 3.68. The summed E-state index contributed by atoms with van der Waals surface area (Å²) in [6, 6.07) is 17.1. The van der Waals surface area contributed by atoms with Gasteiger partial charge in [0.15, 0.2) is 0 Å². The fourth-order valence-electron chi connectivity index (χ4n) is 2.99. The van der Waals surface area contributed by atoms with Crippen molar-refractivity contribution in [3.05, 3.63) is 70.8 Å². The third kappa shape index (κ3) is 2.87. The van der Waals surface area contributed by atoms with E-state index in [9.17, 15) is 0 Å². The highest BCUT2D eigenvalue weighted by atomic mass is 16.5. The molecule has 1 heterocycles. The number of aryl methyl sites for hydroxylation is 2. The Bertz CT molecular complexity index is 613. The topological polar surface area (TPSA) is 21.3 Å². The van der Waals surface area contributed by atoms with Crippen molar-refractivity contribution < 1.29 is 4.74 Å². The molecule has 0 bridgehead atoms. The lowest BCUT2D eigenvalue weighted by molar-refractivity contribution is -0.0310. The molecule has 0 amide bonds. The van der Waals surface area contributed by atoms with E-state index in [1.54, 1.807) is 0 Å². The van der Waals surface area contributed by atoms with Crippen LogP contribution in [-0.2, 0) is 10.3 Å². The van der Waals surface area contributed by atoms with E-state index in [0.29, 0.717) is 6.61 Å². The zero-order chi connectivity index (χ0) is 14.9. The lowest BCUT2D eigenvalue weighted by Gasteiger charge is -2.39. The Kier molecular flexibility index (Phi) is 3.83. The predicted molar refractivity (Wildman–Crippen MR) is 86.4 cm³/mol. The van der Waals surface area contributed by atoms with E-state index in [0.717, 1.165) is 6.54 Å². The summed E-state index contributed by atoms with van der Waals surface area (Å²) in [6.45, 7) is 8.03. The first-order valence-electron chi connectivity index (χ1n) is 7.58. The van der Waals surface area contributed by atoms with Crippen molar-refractivity contribution in [2.45, 2.75) is 32.4 Å². The molecular formula is C19H23NO. The van der Waals surface area contributed by atoms with Crippen molar-refractivity contribution in [2.75, 3.05) is 13.2 Å². The minimum Gasteiger partial charge on any atom is -0.370 e. The molecule has 0 aliphatic carbocycles. The number of benzene rings is 2. The summed E-state index contributed by atoms with van der Waals surface area (Å²) in [6.07, 6.45) is 0.140. The minimum absolute atomic E-state index is 0.102. The molecule has 0 spiro atoms. The molecule has 2 atom stereocenters. The Labute approximate surface area is 127 Å². The molecule has 0 aromatic heterocycles. The molecule has 1 aliphatic heterocycles.